The SMILES string of the molecule is COC(=O)[C@H](Cc1c(-c2ccccc2)[nH]c2ccccc12)NC(=O)C(F)(F)F. The fourth-order valence-corrected chi connectivity index (χ4v) is 3.04. The van der Waals surface area contributed by atoms with Crippen molar-refractivity contribution in [2.75, 3.05) is 7.11 Å². The number of hydrogen-bond donors (Lipinski definition) is 2. The number of ether oxygens (including phenoxy) is 1. The van der Waals surface area contributed by atoms with Gasteiger partial charge in [0.25, 0.3) is 0 Å². The molecule has 2 aromatic carbocycles. The first-order valence-corrected chi connectivity index (χ1v) is 8.41. The van der Waals surface area contributed by atoms with Crippen LogP contribution >= 0.6 is 0 Å². The van der Waals surface area contributed by atoms with E-state index in [1.165, 1.54) is 0 Å². The Kier molecular flexibility index (Phi) is 5.39. The van der Waals surface area contributed by atoms with E-state index in [0.717, 1.165) is 23.6 Å². The lowest BCUT2D eigenvalue weighted by atomic mass is 9.98. The Balaban J connectivity index is 2.05. The Labute approximate surface area is 158 Å². The zero-order valence-electron chi connectivity index (χ0n) is 14.8. The fraction of sp³-hybridized carbons (Fsp3) is 0.200. The molecule has 0 saturated carbocycles. The van der Waals surface area contributed by atoms with Crippen LogP contribution in [0.5, 0.6) is 0 Å². The quantitative estimate of drug-likeness (QED) is 0.654. The minimum Gasteiger partial charge on any atom is -0.467 e. The van der Waals surface area contributed by atoms with Gasteiger partial charge in [0.2, 0.25) is 0 Å². The third kappa shape index (κ3) is 4.00. The smallest absolute Gasteiger partial charge is 0.467 e. The van der Waals surface area contributed by atoms with E-state index in [1.54, 1.807) is 17.4 Å². The summed E-state index contributed by atoms with van der Waals surface area (Å²) < 4.78 is 42.6. The summed E-state index contributed by atoms with van der Waals surface area (Å²) >= 11 is 0. The zero-order valence-corrected chi connectivity index (χ0v) is 14.8. The number of esters is 1. The molecular weight excluding hydrogens is 373 g/mol. The van der Waals surface area contributed by atoms with Crippen molar-refractivity contribution in [1.29, 1.82) is 0 Å². The number of nitrogens with one attached hydrogen (secondary N) is 2. The monoisotopic (exact) mass is 390 g/mol. The number of H-pyrrole nitrogens is 1. The maximum Gasteiger partial charge on any atom is 0.471 e. The Bertz CT molecular complexity index is 997. The van der Waals surface area contributed by atoms with Crippen molar-refractivity contribution in [2.45, 2.75) is 18.6 Å². The predicted molar refractivity (Wildman–Crippen MR) is 97.4 cm³/mol. The summed E-state index contributed by atoms with van der Waals surface area (Å²) in [6.45, 7) is 0. The largest absolute Gasteiger partial charge is 0.471 e. The first-order valence-electron chi connectivity index (χ1n) is 8.41. The number of fused-ring (bicyclic) bond motifs is 1. The number of para-hydroxylation sites is 1. The highest BCUT2D eigenvalue weighted by Crippen LogP contribution is 2.31. The molecular formula is C20H17F3N2O3. The lowest BCUT2D eigenvalue weighted by Crippen LogP contribution is -2.48. The van der Waals surface area contributed by atoms with Crippen molar-refractivity contribution in [3.63, 3.8) is 0 Å². The van der Waals surface area contributed by atoms with Crippen molar-refractivity contribution in [1.82, 2.24) is 10.3 Å². The normalized spacial score (nSPS) is 12.6. The molecule has 0 aliphatic heterocycles. The highest BCUT2D eigenvalue weighted by molar-refractivity contribution is 5.93. The molecule has 146 valence electrons. The van der Waals surface area contributed by atoms with Crippen LogP contribution in [-0.4, -0.2) is 36.2 Å². The van der Waals surface area contributed by atoms with Crippen LogP contribution in [0.3, 0.4) is 0 Å². The number of carbonyl (C=O) groups is 2. The van der Waals surface area contributed by atoms with Crippen LogP contribution in [0, 0.1) is 0 Å². The van der Waals surface area contributed by atoms with Gasteiger partial charge in [0.15, 0.2) is 0 Å². The Morgan fingerprint density at radius 3 is 2.36 bits per heavy atom. The molecule has 0 radical (unpaired) electrons. The summed E-state index contributed by atoms with van der Waals surface area (Å²) in [5.41, 5.74) is 2.85. The average molecular weight is 390 g/mol. The van der Waals surface area contributed by atoms with Gasteiger partial charge in [0.05, 0.1) is 7.11 Å². The summed E-state index contributed by atoms with van der Waals surface area (Å²) in [4.78, 5) is 26.7. The van der Waals surface area contributed by atoms with E-state index >= 15 is 0 Å². The third-order valence-electron chi connectivity index (χ3n) is 4.33. The Morgan fingerprint density at radius 1 is 1.07 bits per heavy atom. The molecule has 0 fully saturated rings. The summed E-state index contributed by atoms with van der Waals surface area (Å²) in [7, 11) is 1.06. The third-order valence-corrected chi connectivity index (χ3v) is 4.33. The van der Waals surface area contributed by atoms with Crippen molar-refractivity contribution >= 4 is 22.8 Å². The lowest BCUT2D eigenvalue weighted by molar-refractivity contribution is -0.175. The molecule has 2 N–H and O–H groups in total. The summed E-state index contributed by atoms with van der Waals surface area (Å²) in [6.07, 6.45) is -5.27. The minimum atomic E-state index is -5.10. The van der Waals surface area contributed by atoms with E-state index in [4.69, 9.17) is 0 Å². The molecule has 1 amide bonds. The maximum atomic E-state index is 12.7. The van der Waals surface area contributed by atoms with Gasteiger partial charge in [-0.25, -0.2) is 4.79 Å². The van der Waals surface area contributed by atoms with Gasteiger partial charge in [-0.05, 0) is 17.2 Å². The zero-order chi connectivity index (χ0) is 20.3. The summed E-state index contributed by atoms with van der Waals surface area (Å²) in [5.74, 6) is -3.15. The van der Waals surface area contributed by atoms with Gasteiger partial charge < -0.3 is 15.0 Å². The first kappa shape index (κ1) is 19.5. The van der Waals surface area contributed by atoms with Crippen LogP contribution in [0.4, 0.5) is 13.2 Å². The van der Waals surface area contributed by atoms with Gasteiger partial charge in [-0.1, -0.05) is 48.5 Å². The molecule has 1 aromatic heterocycles. The van der Waals surface area contributed by atoms with Gasteiger partial charge >= 0.3 is 18.1 Å². The van der Waals surface area contributed by atoms with Crippen molar-refractivity contribution in [3.8, 4) is 11.3 Å². The molecule has 0 spiro atoms. The van der Waals surface area contributed by atoms with Crippen molar-refractivity contribution in [3.05, 3.63) is 60.2 Å². The summed E-state index contributed by atoms with van der Waals surface area (Å²) in [6, 6.07) is 14.9. The maximum absolute atomic E-state index is 12.7. The highest BCUT2D eigenvalue weighted by Gasteiger charge is 2.41. The number of hydrogen-bond acceptors (Lipinski definition) is 3. The number of alkyl halides is 3. The second kappa shape index (κ2) is 7.75. The number of methoxy groups -OCH3 is 1. The topological polar surface area (TPSA) is 71.2 Å². The van der Waals surface area contributed by atoms with Crippen LogP contribution in [0.2, 0.25) is 0 Å². The molecule has 8 heteroatoms. The van der Waals surface area contributed by atoms with Gasteiger partial charge in [-0.15, -0.1) is 0 Å². The summed E-state index contributed by atoms with van der Waals surface area (Å²) in [5, 5.41) is 2.48. The standard InChI is InChI=1S/C20H17F3N2O3/c1-28-18(26)16(25-19(27)20(21,22)23)11-14-13-9-5-6-10-15(13)24-17(14)12-7-3-2-4-8-12/h2-10,16,24H,11H2,1H3,(H,25,27)/t16-/m0/s1. The molecule has 0 aliphatic rings. The number of amides is 1. The van der Waals surface area contributed by atoms with E-state index in [9.17, 15) is 22.8 Å². The molecule has 1 atom stereocenters. The number of benzene rings is 2. The number of aromatic amines is 1. The van der Waals surface area contributed by atoms with Crippen LogP contribution in [-0.2, 0) is 20.7 Å². The number of aromatic nitrogens is 1. The van der Waals surface area contributed by atoms with Crippen LogP contribution in [0.1, 0.15) is 5.56 Å². The number of carbonyl (C=O) groups excluding carboxylic acids is 2. The highest BCUT2D eigenvalue weighted by atomic mass is 19.4. The second-order valence-corrected chi connectivity index (χ2v) is 6.14. The van der Waals surface area contributed by atoms with Crippen molar-refractivity contribution < 1.29 is 27.5 Å². The minimum absolute atomic E-state index is 0.164. The van der Waals surface area contributed by atoms with Gasteiger partial charge in [0.1, 0.15) is 6.04 Å². The number of rotatable bonds is 5. The van der Waals surface area contributed by atoms with E-state index in [2.05, 4.69) is 9.72 Å². The Morgan fingerprint density at radius 2 is 1.71 bits per heavy atom. The van der Waals surface area contributed by atoms with E-state index in [0.29, 0.717) is 11.3 Å². The second-order valence-electron chi connectivity index (χ2n) is 6.14. The average Bonchev–Trinajstić information content (AvgIpc) is 3.05. The molecule has 1 heterocycles. The molecule has 3 rings (SSSR count). The van der Waals surface area contributed by atoms with Gasteiger partial charge in [0, 0.05) is 23.0 Å². The fourth-order valence-electron chi connectivity index (χ4n) is 3.04. The molecule has 0 bridgehead atoms. The van der Waals surface area contributed by atoms with E-state index in [1.807, 2.05) is 42.5 Å². The van der Waals surface area contributed by atoms with Crippen LogP contribution in [0.15, 0.2) is 54.6 Å². The molecule has 0 aliphatic carbocycles. The predicted octanol–water partition coefficient (Wildman–Crippen LogP) is 3.60. The van der Waals surface area contributed by atoms with E-state index in [-0.39, 0.29) is 6.42 Å². The molecule has 3 aromatic rings. The van der Waals surface area contributed by atoms with Crippen LogP contribution < -0.4 is 5.32 Å². The molecule has 0 unspecified atom stereocenters. The number of halogens is 3. The Hall–Kier alpha value is -3.29. The lowest BCUT2D eigenvalue weighted by Gasteiger charge is -2.18. The molecule has 28 heavy (non-hydrogen) atoms. The van der Waals surface area contributed by atoms with E-state index < -0.39 is 24.1 Å². The first-order chi connectivity index (χ1) is 13.3. The van der Waals surface area contributed by atoms with Crippen LogP contribution in [0.25, 0.3) is 22.2 Å². The molecule has 5 nitrogen and oxygen atoms in total. The van der Waals surface area contributed by atoms with Gasteiger partial charge in [-0.3, -0.25) is 4.79 Å². The van der Waals surface area contributed by atoms with Gasteiger partial charge in [-0.2, -0.15) is 13.2 Å². The van der Waals surface area contributed by atoms with Crippen molar-refractivity contribution in [2.24, 2.45) is 0 Å². The molecule has 0 saturated heterocycles.